The fraction of sp³-hybridized carbons (Fsp3) is 0.533. The number of halogens is 4. The molecule has 0 spiro atoms. The molecule has 1 aliphatic carbocycles. The summed E-state index contributed by atoms with van der Waals surface area (Å²) in [5.41, 5.74) is 0.512. The molecule has 1 amide bonds. The first kappa shape index (κ1) is 19.5. The molecule has 0 radical (unpaired) electrons. The van der Waals surface area contributed by atoms with Gasteiger partial charge in [-0.15, -0.1) is 0 Å². The van der Waals surface area contributed by atoms with E-state index in [1.165, 1.54) is 12.3 Å². The standard InChI is InChI=1S/C15H19F4N3O2Si/c1-25(2,3)5-4-24-13(16)10-6-9-8-20-22-11(9)7-12(10)21-14(23)15(17,18)19/h6,8,13H,4-5,7H2,1-3H3,(H,21,23). The van der Waals surface area contributed by atoms with E-state index in [0.717, 1.165) is 0 Å². The van der Waals surface area contributed by atoms with Crippen LogP contribution < -0.4 is 5.32 Å². The van der Waals surface area contributed by atoms with Crippen LogP contribution >= 0.6 is 0 Å². The van der Waals surface area contributed by atoms with Gasteiger partial charge in [-0.05, 0) is 12.1 Å². The zero-order valence-corrected chi connectivity index (χ0v) is 15.1. The number of hydrogen-bond donors (Lipinski definition) is 1. The summed E-state index contributed by atoms with van der Waals surface area (Å²) in [4.78, 5) is 11.2. The number of alkyl halides is 4. The van der Waals surface area contributed by atoms with Crippen molar-refractivity contribution in [3.8, 4) is 0 Å². The van der Waals surface area contributed by atoms with Crippen LogP contribution in [0.15, 0.2) is 33.1 Å². The highest BCUT2D eigenvalue weighted by atomic mass is 28.3. The number of ether oxygens (including phenoxy) is 1. The van der Waals surface area contributed by atoms with E-state index in [0.29, 0.717) is 17.3 Å². The Bertz CT molecular complexity index is 675. The monoisotopic (exact) mass is 377 g/mol. The van der Waals surface area contributed by atoms with E-state index in [2.05, 4.69) is 29.8 Å². The van der Waals surface area contributed by atoms with Crippen molar-refractivity contribution < 1.29 is 27.1 Å². The molecule has 25 heavy (non-hydrogen) atoms. The van der Waals surface area contributed by atoms with Crippen LogP contribution in [0.4, 0.5) is 17.6 Å². The predicted molar refractivity (Wildman–Crippen MR) is 88.9 cm³/mol. The summed E-state index contributed by atoms with van der Waals surface area (Å²) < 4.78 is 57.2. The van der Waals surface area contributed by atoms with Gasteiger partial charge < -0.3 is 10.1 Å². The average Bonchev–Trinajstić information content (AvgIpc) is 2.91. The van der Waals surface area contributed by atoms with E-state index >= 15 is 0 Å². The molecular formula is C15H19F4N3O2Si. The van der Waals surface area contributed by atoms with Crippen molar-refractivity contribution in [3.63, 3.8) is 0 Å². The van der Waals surface area contributed by atoms with Crippen molar-refractivity contribution in [2.24, 2.45) is 10.2 Å². The molecule has 138 valence electrons. The molecule has 1 aliphatic heterocycles. The van der Waals surface area contributed by atoms with Crippen molar-refractivity contribution in [1.82, 2.24) is 5.32 Å². The van der Waals surface area contributed by atoms with Crippen LogP contribution in [-0.4, -0.2) is 45.0 Å². The van der Waals surface area contributed by atoms with E-state index in [1.54, 1.807) is 5.32 Å². The van der Waals surface area contributed by atoms with Crippen LogP contribution in [0.1, 0.15) is 6.42 Å². The maximum atomic E-state index is 14.5. The Balaban J connectivity index is 2.19. The molecule has 1 atom stereocenters. The highest BCUT2D eigenvalue weighted by molar-refractivity contribution is 6.76. The fourth-order valence-corrected chi connectivity index (χ4v) is 2.89. The molecule has 1 N–H and O–H groups in total. The molecule has 1 unspecified atom stereocenters. The first-order valence-electron chi connectivity index (χ1n) is 7.66. The minimum Gasteiger partial charge on any atom is -0.345 e. The van der Waals surface area contributed by atoms with Gasteiger partial charge in [0, 0.05) is 37.9 Å². The van der Waals surface area contributed by atoms with E-state index < -0.39 is 26.5 Å². The molecule has 10 heteroatoms. The summed E-state index contributed by atoms with van der Waals surface area (Å²) >= 11 is 0. The third-order valence-electron chi connectivity index (χ3n) is 3.59. The second-order valence-corrected chi connectivity index (χ2v) is 12.6. The van der Waals surface area contributed by atoms with Crippen molar-refractivity contribution in [3.05, 3.63) is 22.9 Å². The fourth-order valence-electron chi connectivity index (χ4n) is 2.16. The molecule has 2 rings (SSSR count). The Morgan fingerprint density at radius 1 is 1.40 bits per heavy atom. The van der Waals surface area contributed by atoms with E-state index in [9.17, 15) is 22.4 Å². The Morgan fingerprint density at radius 2 is 2.08 bits per heavy atom. The molecule has 2 aliphatic rings. The number of allylic oxidation sites excluding steroid dienone is 2. The minimum atomic E-state index is -5.07. The zero-order chi connectivity index (χ0) is 18.8. The number of amides is 1. The molecule has 0 fully saturated rings. The van der Waals surface area contributed by atoms with Gasteiger partial charge in [0.15, 0.2) is 0 Å². The van der Waals surface area contributed by atoms with E-state index in [4.69, 9.17) is 4.74 Å². The van der Waals surface area contributed by atoms with Gasteiger partial charge in [0.1, 0.15) is 0 Å². The maximum Gasteiger partial charge on any atom is 0.471 e. The van der Waals surface area contributed by atoms with Crippen molar-refractivity contribution in [2.75, 3.05) is 6.61 Å². The first-order valence-corrected chi connectivity index (χ1v) is 11.4. The van der Waals surface area contributed by atoms with Gasteiger partial charge in [0.05, 0.1) is 11.9 Å². The van der Waals surface area contributed by atoms with Gasteiger partial charge >= 0.3 is 12.1 Å². The Hall–Kier alpha value is -1.81. The number of rotatable bonds is 6. The third kappa shape index (κ3) is 5.33. The molecule has 0 aromatic carbocycles. The summed E-state index contributed by atoms with van der Waals surface area (Å²) in [5, 5.41) is 9.15. The topological polar surface area (TPSA) is 63.0 Å². The maximum absolute atomic E-state index is 14.5. The highest BCUT2D eigenvalue weighted by Gasteiger charge is 2.40. The van der Waals surface area contributed by atoms with Crippen LogP contribution in [-0.2, 0) is 9.53 Å². The predicted octanol–water partition coefficient (Wildman–Crippen LogP) is 3.34. The number of nitrogens with one attached hydrogen (secondary N) is 1. The van der Waals surface area contributed by atoms with Crippen LogP contribution in [0.3, 0.4) is 0 Å². The summed E-state index contributed by atoms with van der Waals surface area (Å²) in [6.07, 6.45) is -4.47. The normalized spacial score (nSPS) is 18.7. The Morgan fingerprint density at radius 3 is 2.68 bits per heavy atom. The summed E-state index contributed by atoms with van der Waals surface area (Å²) in [7, 11) is -1.44. The third-order valence-corrected chi connectivity index (χ3v) is 5.30. The van der Waals surface area contributed by atoms with Crippen LogP contribution in [0.25, 0.3) is 0 Å². The largest absolute Gasteiger partial charge is 0.471 e. The summed E-state index contributed by atoms with van der Waals surface area (Å²) in [6.45, 7) is 6.44. The van der Waals surface area contributed by atoms with Crippen LogP contribution in [0.2, 0.25) is 25.7 Å². The lowest BCUT2D eigenvalue weighted by molar-refractivity contribution is -0.172. The van der Waals surface area contributed by atoms with Crippen molar-refractivity contribution in [2.45, 2.75) is 44.6 Å². The van der Waals surface area contributed by atoms with Gasteiger partial charge in [-0.3, -0.25) is 4.79 Å². The molecule has 0 bridgehead atoms. The number of hydrogen-bond acceptors (Lipinski definition) is 4. The van der Waals surface area contributed by atoms with Crippen LogP contribution in [0.5, 0.6) is 0 Å². The SMILES string of the molecule is C[Si](C)(C)CCOC(F)C1=C(NC(=O)C(F)(F)F)CC2=NN=CC2=C1. The summed E-state index contributed by atoms with van der Waals surface area (Å²) in [5.74, 6) is -2.16. The van der Waals surface area contributed by atoms with Crippen LogP contribution in [0, 0.1) is 0 Å². The molecule has 0 aromatic rings. The first-order chi connectivity index (χ1) is 11.5. The second kappa shape index (κ2) is 7.20. The lowest BCUT2D eigenvalue weighted by atomic mass is 9.95. The van der Waals surface area contributed by atoms with Gasteiger partial charge in [0.2, 0.25) is 6.36 Å². The van der Waals surface area contributed by atoms with Crippen molar-refractivity contribution in [1.29, 1.82) is 0 Å². The van der Waals surface area contributed by atoms with E-state index in [1.807, 2.05) is 0 Å². The lowest BCUT2D eigenvalue weighted by Crippen LogP contribution is -2.38. The van der Waals surface area contributed by atoms with Gasteiger partial charge in [-0.2, -0.15) is 23.4 Å². The van der Waals surface area contributed by atoms with Gasteiger partial charge in [-0.25, -0.2) is 4.39 Å². The Labute approximate surface area is 143 Å². The van der Waals surface area contributed by atoms with Gasteiger partial charge in [-0.1, -0.05) is 19.6 Å². The lowest BCUT2D eigenvalue weighted by Gasteiger charge is -2.23. The zero-order valence-electron chi connectivity index (χ0n) is 14.1. The quantitative estimate of drug-likeness (QED) is 0.570. The smallest absolute Gasteiger partial charge is 0.345 e. The molecule has 1 heterocycles. The molecular weight excluding hydrogens is 358 g/mol. The Kier molecular flexibility index (Phi) is 5.62. The highest BCUT2D eigenvalue weighted by Crippen LogP contribution is 2.28. The molecule has 0 aromatic heterocycles. The second-order valence-electron chi connectivity index (χ2n) is 6.95. The molecule has 0 saturated carbocycles. The number of fused-ring (bicyclic) bond motifs is 1. The van der Waals surface area contributed by atoms with Crippen molar-refractivity contribution >= 4 is 25.9 Å². The number of carbonyl (C=O) groups is 1. The van der Waals surface area contributed by atoms with Gasteiger partial charge in [0.25, 0.3) is 0 Å². The average molecular weight is 377 g/mol. The molecule has 0 saturated heterocycles. The number of nitrogens with zero attached hydrogens (tertiary/aromatic N) is 2. The minimum absolute atomic E-state index is 0.143. The molecule has 5 nitrogen and oxygen atoms in total. The van der Waals surface area contributed by atoms with E-state index in [-0.39, 0.29) is 24.3 Å². The number of carbonyl (C=O) groups excluding carboxylic acids is 1. The summed E-state index contributed by atoms with van der Waals surface area (Å²) in [6, 6.07) is 0.704.